The summed E-state index contributed by atoms with van der Waals surface area (Å²) < 4.78 is 25.6. The Hall–Kier alpha value is -4.77. The molecular weight excluding hydrogens is 513 g/mol. The number of rotatable bonds is 6. The highest BCUT2D eigenvalue weighted by Crippen LogP contribution is 2.39. The first-order chi connectivity index (χ1) is 19.5. The number of hydrogen-bond acceptors (Lipinski definition) is 9. The van der Waals surface area contributed by atoms with Crippen LogP contribution >= 0.6 is 0 Å². The van der Waals surface area contributed by atoms with Crippen molar-refractivity contribution in [1.82, 2.24) is 15.0 Å². The van der Waals surface area contributed by atoms with Crippen molar-refractivity contribution in [3.8, 4) is 34.0 Å². The Morgan fingerprint density at radius 3 is 2.92 bits per heavy atom. The molecule has 0 aliphatic carbocycles. The van der Waals surface area contributed by atoms with Crippen molar-refractivity contribution < 1.29 is 18.7 Å². The van der Waals surface area contributed by atoms with Crippen molar-refractivity contribution in [2.75, 3.05) is 42.3 Å². The minimum absolute atomic E-state index is 0.0227. The number of nitrogens with two attached hydrogens (primary N) is 1. The SMILES string of the molecule is COc1cccc(F)c1-c1nccc(Nc2cc(N3CCC[C@H](N)C3)c(-c3ccc4c(c3)OCC(=O)N4)cn2)n1. The number of methoxy groups -OCH3 is 1. The topological polar surface area (TPSA) is 128 Å². The zero-order valence-corrected chi connectivity index (χ0v) is 21.9. The molecule has 10 nitrogen and oxygen atoms in total. The van der Waals surface area contributed by atoms with E-state index in [0.717, 1.165) is 36.2 Å². The zero-order chi connectivity index (χ0) is 27.6. The molecule has 1 amide bonds. The Bertz CT molecular complexity index is 1580. The normalized spacial score (nSPS) is 16.5. The van der Waals surface area contributed by atoms with E-state index in [2.05, 4.69) is 30.5 Å². The summed E-state index contributed by atoms with van der Waals surface area (Å²) in [7, 11) is 1.48. The van der Waals surface area contributed by atoms with Gasteiger partial charge in [-0.05, 0) is 48.7 Å². The molecular formula is C29H28FN7O3. The summed E-state index contributed by atoms with van der Waals surface area (Å²) in [5, 5.41) is 6.07. The largest absolute Gasteiger partial charge is 0.496 e. The molecule has 1 saturated heterocycles. The van der Waals surface area contributed by atoms with Gasteiger partial charge in [-0.25, -0.2) is 19.3 Å². The van der Waals surface area contributed by atoms with Crippen LogP contribution in [0.1, 0.15) is 12.8 Å². The third-order valence-electron chi connectivity index (χ3n) is 6.94. The van der Waals surface area contributed by atoms with Crippen LogP contribution in [0.25, 0.3) is 22.5 Å². The van der Waals surface area contributed by atoms with Gasteiger partial charge >= 0.3 is 0 Å². The van der Waals surface area contributed by atoms with E-state index in [-0.39, 0.29) is 29.9 Å². The highest BCUT2D eigenvalue weighted by atomic mass is 19.1. The molecule has 1 atom stereocenters. The Morgan fingerprint density at radius 2 is 2.08 bits per heavy atom. The zero-order valence-electron chi connectivity index (χ0n) is 21.9. The van der Waals surface area contributed by atoms with E-state index in [4.69, 9.17) is 15.2 Å². The number of carbonyl (C=O) groups is 1. The van der Waals surface area contributed by atoms with E-state index in [1.807, 2.05) is 24.3 Å². The summed E-state index contributed by atoms with van der Waals surface area (Å²) in [6, 6.07) is 14.0. The quantitative estimate of drug-likeness (QED) is 0.326. The Kier molecular flexibility index (Phi) is 6.87. The van der Waals surface area contributed by atoms with Crippen LogP contribution in [0.15, 0.2) is 60.9 Å². The first-order valence-corrected chi connectivity index (χ1v) is 13.0. The van der Waals surface area contributed by atoms with E-state index in [1.165, 1.54) is 13.2 Å². The molecule has 1 fully saturated rings. The summed E-state index contributed by atoms with van der Waals surface area (Å²) in [6.45, 7) is 1.54. The maximum Gasteiger partial charge on any atom is 0.262 e. The van der Waals surface area contributed by atoms with Crippen LogP contribution in [0.5, 0.6) is 11.5 Å². The molecule has 2 aromatic carbocycles. The molecule has 0 bridgehead atoms. The lowest BCUT2D eigenvalue weighted by atomic mass is 10.0. The van der Waals surface area contributed by atoms with E-state index < -0.39 is 5.82 Å². The third-order valence-corrected chi connectivity index (χ3v) is 6.94. The first kappa shape index (κ1) is 25.5. The van der Waals surface area contributed by atoms with Crippen LogP contribution in [-0.2, 0) is 4.79 Å². The average molecular weight is 542 g/mol. The predicted molar refractivity (Wildman–Crippen MR) is 150 cm³/mol. The number of halogens is 1. The number of fused-ring (bicyclic) bond motifs is 1. The molecule has 4 N–H and O–H groups in total. The van der Waals surface area contributed by atoms with Crippen molar-refractivity contribution in [2.45, 2.75) is 18.9 Å². The minimum Gasteiger partial charge on any atom is -0.496 e. The number of nitrogens with one attached hydrogen (secondary N) is 2. The highest BCUT2D eigenvalue weighted by molar-refractivity contribution is 5.96. The van der Waals surface area contributed by atoms with E-state index >= 15 is 0 Å². The fraction of sp³-hybridized carbons (Fsp3) is 0.241. The van der Waals surface area contributed by atoms with Crippen LogP contribution in [0.3, 0.4) is 0 Å². The molecule has 0 radical (unpaired) electrons. The van der Waals surface area contributed by atoms with E-state index in [1.54, 1.807) is 30.6 Å². The van der Waals surface area contributed by atoms with Gasteiger partial charge < -0.3 is 30.7 Å². The van der Waals surface area contributed by atoms with Crippen molar-refractivity contribution in [3.63, 3.8) is 0 Å². The monoisotopic (exact) mass is 541 g/mol. The number of ether oxygens (including phenoxy) is 2. The van der Waals surface area contributed by atoms with Gasteiger partial charge in [-0.3, -0.25) is 4.79 Å². The molecule has 0 spiro atoms. The van der Waals surface area contributed by atoms with Crippen LogP contribution in [0.4, 0.5) is 27.4 Å². The van der Waals surface area contributed by atoms with Gasteiger partial charge in [0.2, 0.25) is 0 Å². The van der Waals surface area contributed by atoms with E-state index in [9.17, 15) is 9.18 Å². The molecule has 11 heteroatoms. The van der Waals surface area contributed by atoms with Crippen LogP contribution < -0.4 is 30.7 Å². The first-order valence-electron chi connectivity index (χ1n) is 13.0. The molecule has 4 heterocycles. The summed E-state index contributed by atoms with van der Waals surface area (Å²) in [5.41, 5.74) is 9.92. The van der Waals surface area contributed by atoms with E-state index in [0.29, 0.717) is 35.4 Å². The average Bonchev–Trinajstić information content (AvgIpc) is 2.97. The number of piperidine rings is 1. The summed E-state index contributed by atoms with van der Waals surface area (Å²) >= 11 is 0. The van der Waals surface area contributed by atoms with Crippen molar-refractivity contribution in [1.29, 1.82) is 0 Å². The van der Waals surface area contributed by atoms with Crippen molar-refractivity contribution in [3.05, 3.63) is 66.7 Å². The number of pyridine rings is 1. The number of aromatic nitrogens is 3. The number of carbonyl (C=O) groups excluding carboxylic acids is 1. The number of hydrogen-bond donors (Lipinski definition) is 3. The minimum atomic E-state index is -0.476. The molecule has 0 saturated carbocycles. The molecule has 0 unspecified atom stereocenters. The van der Waals surface area contributed by atoms with Gasteiger partial charge in [0.05, 0.1) is 18.4 Å². The number of amides is 1. The lowest BCUT2D eigenvalue weighted by molar-refractivity contribution is -0.118. The summed E-state index contributed by atoms with van der Waals surface area (Å²) in [6.07, 6.45) is 5.30. The van der Waals surface area contributed by atoms with Crippen molar-refractivity contribution >= 4 is 28.9 Å². The summed E-state index contributed by atoms with van der Waals surface area (Å²) in [4.78, 5) is 27.4. The molecule has 2 aliphatic heterocycles. The van der Waals surface area contributed by atoms with Gasteiger partial charge in [0.1, 0.15) is 29.0 Å². The van der Waals surface area contributed by atoms with Gasteiger partial charge in [-0.15, -0.1) is 0 Å². The molecule has 6 rings (SSSR count). The predicted octanol–water partition coefficient (Wildman–Crippen LogP) is 4.36. The fourth-order valence-corrected chi connectivity index (χ4v) is 5.04. The number of anilines is 4. The van der Waals surface area contributed by atoms with Crippen LogP contribution in [0, 0.1) is 5.82 Å². The molecule has 4 aromatic rings. The Labute approximate surface area is 230 Å². The number of benzene rings is 2. The molecule has 40 heavy (non-hydrogen) atoms. The third kappa shape index (κ3) is 5.10. The lowest BCUT2D eigenvalue weighted by Crippen LogP contribution is -2.43. The Balaban J connectivity index is 1.36. The smallest absolute Gasteiger partial charge is 0.262 e. The molecule has 2 aromatic heterocycles. The fourth-order valence-electron chi connectivity index (χ4n) is 5.04. The van der Waals surface area contributed by atoms with Gasteiger partial charge in [0, 0.05) is 48.8 Å². The van der Waals surface area contributed by atoms with Crippen LogP contribution in [0.2, 0.25) is 0 Å². The highest BCUT2D eigenvalue weighted by Gasteiger charge is 2.23. The lowest BCUT2D eigenvalue weighted by Gasteiger charge is -2.34. The summed E-state index contributed by atoms with van der Waals surface area (Å²) in [5.74, 6) is 1.51. The Morgan fingerprint density at radius 1 is 1.18 bits per heavy atom. The maximum atomic E-state index is 14.7. The van der Waals surface area contributed by atoms with Gasteiger partial charge in [0.25, 0.3) is 5.91 Å². The maximum absolute atomic E-state index is 14.7. The molecule has 2 aliphatic rings. The van der Waals surface area contributed by atoms with Gasteiger partial charge in [-0.1, -0.05) is 12.1 Å². The molecule has 204 valence electrons. The second kappa shape index (κ2) is 10.8. The van der Waals surface area contributed by atoms with Crippen molar-refractivity contribution in [2.24, 2.45) is 5.73 Å². The second-order valence-corrected chi connectivity index (χ2v) is 9.69. The van der Waals surface area contributed by atoms with Crippen LogP contribution in [-0.4, -0.2) is 53.7 Å². The number of nitrogens with zero attached hydrogens (tertiary/aromatic N) is 4. The second-order valence-electron chi connectivity index (χ2n) is 9.69. The standard InChI is InChI=1S/C29H28FN7O3/c1-39-23-6-2-5-20(30)28(23)29-32-10-9-25(36-29)35-26-13-22(37-11-3-4-18(31)15-37)19(14-33-26)17-7-8-21-24(12-17)40-16-27(38)34-21/h2,5-10,12-14,18H,3-4,11,15-16,31H2,1H3,(H,34,38)(H,32,33,35,36)/t18-/m0/s1. The van der Waals surface area contributed by atoms with Gasteiger partial charge in [-0.2, -0.15) is 0 Å². The van der Waals surface area contributed by atoms with Gasteiger partial charge in [0.15, 0.2) is 12.4 Å².